The molecule has 2 nitrogen and oxygen atoms in total. The Balaban J connectivity index is 1.73. The molecule has 1 aliphatic heterocycles. The zero-order valence-corrected chi connectivity index (χ0v) is 13.0. The fourth-order valence-corrected chi connectivity index (χ4v) is 3.19. The highest BCUT2D eigenvalue weighted by Gasteiger charge is 2.20. The Morgan fingerprint density at radius 2 is 1.75 bits per heavy atom. The molecule has 0 aromatic heterocycles. The van der Waals surface area contributed by atoms with Crippen molar-refractivity contribution < 1.29 is 0 Å². The molecule has 112 valence electrons. The largest absolute Gasteiger partial charge is 0.370 e. The van der Waals surface area contributed by atoms with Crippen molar-refractivity contribution in [3.8, 4) is 0 Å². The number of para-hydroxylation sites is 1. The predicted octanol–water partition coefficient (Wildman–Crippen LogP) is 4.13. The molecule has 0 spiro atoms. The van der Waals surface area contributed by atoms with Crippen molar-refractivity contribution in [3.63, 3.8) is 0 Å². The molecular formula is C18H30N2. The van der Waals surface area contributed by atoms with Gasteiger partial charge in [-0.2, -0.15) is 0 Å². The molecule has 1 aromatic carbocycles. The number of rotatable bonds is 8. The van der Waals surface area contributed by atoms with Crippen LogP contribution in [0.1, 0.15) is 57.4 Å². The van der Waals surface area contributed by atoms with Gasteiger partial charge in [-0.15, -0.1) is 0 Å². The summed E-state index contributed by atoms with van der Waals surface area (Å²) in [6.45, 7) is 4.46. The van der Waals surface area contributed by atoms with E-state index in [1.165, 1.54) is 62.7 Å². The van der Waals surface area contributed by atoms with Gasteiger partial charge in [0.2, 0.25) is 0 Å². The molecular weight excluding hydrogens is 244 g/mol. The Kier molecular flexibility index (Phi) is 6.38. The minimum absolute atomic E-state index is 0.300. The standard InChI is InChI=1S/C18H30N2/c1-2-3-4-5-6-7-10-13-20-15-17(19)14-16-11-8-9-12-18(16)20/h8-9,11-12,17H,2-7,10,13-15,19H2,1H3. The van der Waals surface area contributed by atoms with E-state index in [1.54, 1.807) is 0 Å². The average Bonchev–Trinajstić information content (AvgIpc) is 2.46. The van der Waals surface area contributed by atoms with Crippen LogP contribution in [0.25, 0.3) is 0 Å². The lowest BCUT2D eigenvalue weighted by molar-refractivity contribution is 0.556. The number of benzene rings is 1. The maximum atomic E-state index is 6.18. The lowest BCUT2D eigenvalue weighted by atomic mass is 9.98. The zero-order chi connectivity index (χ0) is 14.2. The summed E-state index contributed by atoms with van der Waals surface area (Å²) in [4.78, 5) is 2.50. The molecule has 1 unspecified atom stereocenters. The highest BCUT2D eigenvalue weighted by atomic mass is 15.1. The normalized spacial score (nSPS) is 18.1. The van der Waals surface area contributed by atoms with Crippen LogP contribution in [-0.2, 0) is 6.42 Å². The predicted molar refractivity (Wildman–Crippen MR) is 88.3 cm³/mol. The van der Waals surface area contributed by atoms with Gasteiger partial charge in [-0.05, 0) is 24.5 Å². The average molecular weight is 274 g/mol. The summed E-state index contributed by atoms with van der Waals surface area (Å²) in [5.74, 6) is 0. The van der Waals surface area contributed by atoms with Crippen LogP contribution in [0.4, 0.5) is 5.69 Å². The van der Waals surface area contributed by atoms with Crippen LogP contribution >= 0.6 is 0 Å². The number of anilines is 1. The van der Waals surface area contributed by atoms with Crippen LogP contribution in [0.2, 0.25) is 0 Å². The second-order valence-electron chi connectivity index (χ2n) is 6.16. The molecule has 0 saturated carbocycles. The molecule has 0 fully saturated rings. The van der Waals surface area contributed by atoms with Gasteiger partial charge in [-0.25, -0.2) is 0 Å². The van der Waals surface area contributed by atoms with Gasteiger partial charge in [0.15, 0.2) is 0 Å². The molecule has 0 radical (unpaired) electrons. The molecule has 0 bridgehead atoms. The molecule has 2 N–H and O–H groups in total. The minimum Gasteiger partial charge on any atom is -0.370 e. The lowest BCUT2D eigenvalue weighted by Crippen LogP contribution is -2.43. The maximum absolute atomic E-state index is 6.18. The van der Waals surface area contributed by atoms with E-state index in [0.717, 1.165) is 13.0 Å². The topological polar surface area (TPSA) is 29.3 Å². The van der Waals surface area contributed by atoms with E-state index in [0.29, 0.717) is 6.04 Å². The first-order valence-electron chi connectivity index (χ1n) is 8.39. The summed E-state index contributed by atoms with van der Waals surface area (Å²) in [6.07, 6.45) is 10.6. The molecule has 0 aliphatic carbocycles. The van der Waals surface area contributed by atoms with Gasteiger partial charge in [0.1, 0.15) is 0 Å². The van der Waals surface area contributed by atoms with Crippen molar-refractivity contribution in [1.29, 1.82) is 0 Å². The number of unbranched alkanes of at least 4 members (excludes halogenated alkanes) is 6. The van der Waals surface area contributed by atoms with Crippen molar-refractivity contribution in [1.82, 2.24) is 0 Å². The third-order valence-electron chi connectivity index (χ3n) is 4.30. The van der Waals surface area contributed by atoms with Gasteiger partial charge in [-0.3, -0.25) is 0 Å². The number of hydrogen-bond donors (Lipinski definition) is 1. The summed E-state index contributed by atoms with van der Waals surface area (Å²) >= 11 is 0. The molecule has 0 saturated heterocycles. The highest BCUT2D eigenvalue weighted by Crippen LogP contribution is 2.26. The van der Waals surface area contributed by atoms with Crippen LogP contribution in [0.5, 0.6) is 0 Å². The molecule has 0 amide bonds. The third-order valence-corrected chi connectivity index (χ3v) is 4.30. The van der Waals surface area contributed by atoms with Crippen molar-refractivity contribution in [2.75, 3.05) is 18.0 Å². The number of fused-ring (bicyclic) bond motifs is 1. The summed E-state index contributed by atoms with van der Waals surface area (Å²) in [7, 11) is 0. The van der Waals surface area contributed by atoms with Crippen LogP contribution in [-0.4, -0.2) is 19.1 Å². The van der Waals surface area contributed by atoms with Crippen molar-refractivity contribution >= 4 is 5.69 Å². The van der Waals surface area contributed by atoms with Crippen molar-refractivity contribution in [2.24, 2.45) is 5.73 Å². The van der Waals surface area contributed by atoms with E-state index in [2.05, 4.69) is 36.1 Å². The van der Waals surface area contributed by atoms with E-state index in [1.807, 2.05) is 0 Å². The van der Waals surface area contributed by atoms with E-state index in [-0.39, 0.29) is 0 Å². The van der Waals surface area contributed by atoms with E-state index >= 15 is 0 Å². The Bertz CT molecular complexity index is 389. The summed E-state index contributed by atoms with van der Waals surface area (Å²) in [5.41, 5.74) is 9.03. The van der Waals surface area contributed by atoms with Crippen LogP contribution < -0.4 is 10.6 Å². The number of nitrogens with two attached hydrogens (primary N) is 1. The smallest absolute Gasteiger partial charge is 0.0399 e. The van der Waals surface area contributed by atoms with Crippen molar-refractivity contribution in [2.45, 2.75) is 64.3 Å². The van der Waals surface area contributed by atoms with E-state index in [4.69, 9.17) is 5.73 Å². The van der Waals surface area contributed by atoms with Crippen LogP contribution in [0, 0.1) is 0 Å². The van der Waals surface area contributed by atoms with Gasteiger partial charge in [0.25, 0.3) is 0 Å². The number of hydrogen-bond acceptors (Lipinski definition) is 2. The van der Waals surface area contributed by atoms with Gasteiger partial charge in [0.05, 0.1) is 0 Å². The van der Waals surface area contributed by atoms with E-state index in [9.17, 15) is 0 Å². The SMILES string of the molecule is CCCCCCCCCN1CC(N)Cc2ccccc21. The van der Waals surface area contributed by atoms with Gasteiger partial charge in [-0.1, -0.05) is 63.6 Å². The molecule has 2 rings (SSSR count). The van der Waals surface area contributed by atoms with Gasteiger partial charge >= 0.3 is 0 Å². The molecule has 2 heteroatoms. The molecule has 1 aromatic rings. The summed E-state index contributed by atoms with van der Waals surface area (Å²) < 4.78 is 0. The van der Waals surface area contributed by atoms with Gasteiger partial charge in [0, 0.05) is 24.8 Å². The quantitative estimate of drug-likeness (QED) is 0.722. The Hall–Kier alpha value is -1.02. The monoisotopic (exact) mass is 274 g/mol. The Morgan fingerprint density at radius 3 is 2.55 bits per heavy atom. The Morgan fingerprint density at radius 1 is 1.05 bits per heavy atom. The fraction of sp³-hybridized carbons (Fsp3) is 0.667. The zero-order valence-electron chi connectivity index (χ0n) is 13.0. The maximum Gasteiger partial charge on any atom is 0.0399 e. The number of nitrogens with zero attached hydrogens (tertiary/aromatic N) is 1. The molecule has 1 heterocycles. The highest BCUT2D eigenvalue weighted by molar-refractivity contribution is 5.56. The summed E-state index contributed by atoms with van der Waals surface area (Å²) in [6, 6.07) is 9.06. The van der Waals surface area contributed by atoms with Crippen molar-refractivity contribution in [3.05, 3.63) is 29.8 Å². The Labute approximate surface area is 124 Å². The second-order valence-corrected chi connectivity index (χ2v) is 6.16. The fourth-order valence-electron chi connectivity index (χ4n) is 3.19. The van der Waals surface area contributed by atoms with E-state index < -0.39 is 0 Å². The minimum atomic E-state index is 0.300. The van der Waals surface area contributed by atoms with Crippen LogP contribution in [0.3, 0.4) is 0 Å². The first kappa shape index (κ1) is 15.4. The molecule has 1 aliphatic rings. The lowest BCUT2D eigenvalue weighted by Gasteiger charge is -2.34. The molecule has 20 heavy (non-hydrogen) atoms. The van der Waals surface area contributed by atoms with Crippen LogP contribution in [0.15, 0.2) is 24.3 Å². The summed E-state index contributed by atoms with van der Waals surface area (Å²) in [5, 5.41) is 0. The first-order chi connectivity index (χ1) is 9.81. The second kappa shape index (κ2) is 8.31. The molecule has 1 atom stereocenters. The van der Waals surface area contributed by atoms with Gasteiger partial charge < -0.3 is 10.6 Å². The first-order valence-corrected chi connectivity index (χ1v) is 8.39. The third kappa shape index (κ3) is 4.52.